The summed E-state index contributed by atoms with van der Waals surface area (Å²) in [6, 6.07) is 4.92. The average molecular weight is 314 g/mol. The topological polar surface area (TPSA) is 18.5 Å². The number of hydrogen-bond acceptors (Lipinski definition) is 4. The van der Waals surface area contributed by atoms with E-state index >= 15 is 0 Å². The number of fused-ring (bicyclic) bond motifs is 1. The fourth-order valence-electron chi connectivity index (χ4n) is 3.38. The second-order valence-electron chi connectivity index (χ2n) is 5.87. The molecule has 3 nitrogen and oxygen atoms in total. The van der Waals surface area contributed by atoms with Crippen LogP contribution in [-0.4, -0.2) is 55.1 Å². The summed E-state index contributed by atoms with van der Waals surface area (Å²) in [5, 5.41) is 3.54. The SMILES string of the molecule is Clc1ccc(CNCCN2CCCN3CCCC3C2)s1. The first-order valence-electron chi connectivity index (χ1n) is 7.72. The van der Waals surface area contributed by atoms with Crippen LogP contribution in [0, 0.1) is 0 Å². The lowest BCUT2D eigenvalue weighted by Gasteiger charge is -2.25. The van der Waals surface area contributed by atoms with E-state index in [0.717, 1.165) is 23.5 Å². The Balaban J connectivity index is 1.37. The van der Waals surface area contributed by atoms with Crippen molar-refractivity contribution < 1.29 is 0 Å². The molecule has 2 aliphatic rings. The van der Waals surface area contributed by atoms with Crippen LogP contribution in [0.25, 0.3) is 0 Å². The quantitative estimate of drug-likeness (QED) is 0.843. The van der Waals surface area contributed by atoms with E-state index in [4.69, 9.17) is 11.6 Å². The molecule has 0 bridgehead atoms. The highest BCUT2D eigenvalue weighted by Gasteiger charge is 2.28. The van der Waals surface area contributed by atoms with Crippen molar-refractivity contribution in [3.05, 3.63) is 21.3 Å². The normalized spacial score (nSPS) is 24.8. The van der Waals surface area contributed by atoms with Crippen LogP contribution in [0.4, 0.5) is 0 Å². The molecule has 2 fully saturated rings. The first-order valence-corrected chi connectivity index (χ1v) is 8.92. The van der Waals surface area contributed by atoms with Crippen LogP contribution in [0.15, 0.2) is 12.1 Å². The highest BCUT2D eigenvalue weighted by Crippen LogP contribution is 2.22. The van der Waals surface area contributed by atoms with Gasteiger partial charge in [-0.05, 0) is 51.0 Å². The molecule has 5 heteroatoms. The number of thiophene rings is 1. The molecule has 1 atom stereocenters. The van der Waals surface area contributed by atoms with Gasteiger partial charge in [0.25, 0.3) is 0 Å². The Kier molecular flexibility index (Phi) is 5.35. The van der Waals surface area contributed by atoms with Gasteiger partial charge in [-0.15, -0.1) is 11.3 Å². The van der Waals surface area contributed by atoms with E-state index in [2.05, 4.69) is 21.2 Å². The van der Waals surface area contributed by atoms with Gasteiger partial charge >= 0.3 is 0 Å². The summed E-state index contributed by atoms with van der Waals surface area (Å²) < 4.78 is 0.885. The summed E-state index contributed by atoms with van der Waals surface area (Å²) in [7, 11) is 0. The Labute approximate surface area is 130 Å². The first kappa shape index (κ1) is 14.8. The summed E-state index contributed by atoms with van der Waals surface area (Å²) >= 11 is 7.61. The minimum Gasteiger partial charge on any atom is -0.311 e. The van der Waals surface area contributed by atoms with Crippen molar-refractivity contribution >= 4 is 22.9 Å². The standard InChI is InChI=1S/C15H24ClN3S/c16-15-5-4-14(20-15)11-17-6-10-18-7-2-9-19-8-1-3-13(19)12-18/h4-5,13,17H,1-3,6-12H2. The second-order valence-corrected chi connectivity index (χ2v) is 7.67. The lowest BCUT2D eigenvalue weighted by Crippen LogP contribution is -2.39. The van der Waals surface area contributed by atoms with Crippen molar-refractivity contribution in [2.24, 2.45) is 0 Å². The van der Waals surface area contributed by atoms with Gasteiger partial charge in [-0.25, -0.2) is 0 Å². The molecule has 3 heterocycles. The van der Waals surface area contributed by atoms with E-state index in [-0.39, 0.29) is 0 Å². The third-order valence-electron chi connectivity index (χ3n) is 4.42. The summed E-state index contributed by atoms with van der Waals surface area (Å²) in [5.41, 5.74) is 0. The predicted octanol–water partition coefficient (Wildman–Crippen LogP) is 2.66. The summed E-state index contributed by atoms with van der Waals surface area (Å²) in [4.78, 5) is 6.67. The maximum Gasteiger partial charge on any atom is 0.0931 e. The van der Waals surface area contributed by atoms with Gasteiger partial charge in [0.1, 0.15) is 0 Å². The zero-order valence-electron chi connectivity index (χ0n) is 12.0. The molecule has 0 radical (unpaired) electrons. The van der Waals surface area contributed by atoms with Gasteiger partial charge in [0.2, 0.25) is 0 Å². The van der Waals surface area contributed by atoms with Gasteiger partial charge < -0.3 is 10.2 Å². The van der Waals surface area contributed by atoms with Crippen molar-refractivity contribution in [3.8, 4) is 0 Å². The van der Waals surface area contributed by atoms with Crippen LogP contribution in [0.3, 0.4) is 0 Å². The molecule has 2 saturated heterocycles. The number of halogens is 1. The molecule has 112 valence electrons. The van der Waals surface area contributed by atoms with Gasteiger partial charge in [0.05, 0.1) is 4.34 Å². The lowest BCUT2D eigenvalue weighted by molar-refractivity contribution is 0.220. The molecule has 20 heavy (non-hydrogen) atoms. The van der Waals surface area contributed by atoms with Gasteiger partial charge in [0, 0.05) is 37.1 Å². The molecule has 0 saturated carbocycles. The van der Waals surface area contributed by atoms with E-state index < -0.39 is 0 Å². The molecular weight excluding hydrogens is 290 g/mol. The number of hydrogen-bond donors (Lipinski definition) is 1. The monoisotopic (exact) mass is 313 g/mol. The van der Waals surface area contributed by atoms with Crippen LogP contribution in [-0.2, 0) is 6.54 Å². The van der Waals surface area contributed by atoms with E-state index in [1.54, 1.807) is 11.3 Å². The fourth-order valence-corrected chi connectivity index (χ4v) is 4.44. The number of nitrogens with one attached hydrogen (secondary N) is 1. The van der Waals surface area contributed by atoms with Crippen molar-refractivity contribution in [2.45, 2.75) is 31.8 Å². The van der Waals surface area contributed by atoms with E-state index in [9.17, 15) is 0 Å². The molecule has 0 aromatic carbocycles. The van der Waals surface area contributed by atoms with Crippen LogP contribution in [0.5, 0.6) is 0 Å². The third kappa shape index (κ3) is 3.95. The second kappa shape index (κ2) is 7.23. The summed E-state index contributed by atoms with van der Waals surface area (Å²) in [6.07, 6.45) is 4.13. The van der Waals surface area contributed by atoms with Crippen molar-refractivity contribution in [3.63, 3.8) is 0 Å². The van der Waals surface area contributed by atoms with Crippen molar-refractivity contribution in [1.82, 2.24) is 15.1 Å². The lowest BCUT2D eigenvalue weighted by atomic mass is 10.2. The molecule has 1 N–H and O–H groups in total. The molecule has 2 aliphatic heterocycles. The van der Waals surface area contributed by atoms with Crippen molar-refractivity contribution in [1.29, 1.82) is 0 Å². The average Bonchev–Trinajstić information content (AvgIpc) is 3.00. The predicted molar refractivity (Wildman–Crippen MR) is 86.7 cm³/mol. The summed E-state index contributed by atoms with van der Waals surface area (Å²) in [6.45, 7) is 8.36. The van der Waals surface area contributed by atoms with Crippen LogP contribution in [0.1, 0.15) is 24.1 Å². The Morgan fingerprint density at radius 1 is 1.25 bits per heavy atom. The molecule has 0 spiro atoms. The Hall–Kier alpha value is -0.130. The van der Waals surface area contributed by atoms with Gasteiger partial charge in [-0.3, -0.25) is 4.90 Å². The zero-order valence-corrected chi connectivity index (χ0v) is 13.6. The maximum absolute atomic E-state index is 5.94. The van der Waals surface area contributed by atoms with Crippen LogP contribution >= 0.6 is 22.9 Å². The minimum absolute atomic E-state index is 0.827. The van der Waals surface area contributed by atoms with E-state index in [0.29, 0.717) is 0 Å². The first-order chi connectivity index (χ1) is 9.81. The molecule has 1 aromatic rings. The van der Waals surface area contributed by atoms with Crippen LogP contribution < -0.4 is 5.32 Å². The van der Waals surface area contributed by atoms with Crippen LogP contribution in [0.2, 0.25) is 4.34 Å². The smallest absolute Gasteiger partial charge is 0.0931 e. The van der Waals surface area contributed by atoms with E-state index in [1.807, 2.05) is 6.07 Å². The number of nitrogens with zero attached hydrogens (tertiary/aromatic N) is 2. The highest BCUT2D eigenvalue weighted by atomic mass is 35.5. The zero-order chi connectivity index (χ0) is 13.8. The number of rotatable bonds is 5. The Morgan fingerprint density at radius 3 is 3.00 bits per heavy atom. The third-order valence-corrected chi connectivity index (χ3v) is 5.65. The largest absolute Gasteiger partial charge is 0.311 e. The highest BCUT2D eigenvalue weighted by molar-refractivity contribution is 7.16. The van der Waals surface area contributed by atoms with Gasteiger partial charge in [0.15, 0.2) is 0 Å². The Bertz CT molecular complexity index is 423. The summed E-state index contributed by atoms with van der Waals surface area (Å²) in [5.74, 6) is 0. The fraction of sp³-hybridized carbons (Fsp3) is 0.733. The Morgan fingerprint density at radius 2 is 2.15 bits per heavy atom. The molecule has 1 unspecified atom stereocenters. The van der Waals surface area contributed by atoms with E-state index in [1.165, 1.54) is 56.9 Å². The molecular formula is C15H24ClN3S. The minimum atomic E-state index is 0.827. The van der Waals surface area contributed by atoms with Gasteiger partial charge in [-0.2, -0.15) is 0 Å². The van der Waals surface area contributed by atoms with Gasteiger partial charge in [-0.1, -0.05) is 11.6 Å². The molecule has 1 aromatic heterocycles. The molecule has 0 amide bonds. The molecule has 3 rings (SSSR count). The van der Waals surface area contributed by atoms with Crippen molar-refractivity contribution in [2.75, 3.05) is 39.3 Å². The molecule has 0 aliphatic carbocycles. The maximum atomic E-state index is 5.94.